The number of fused-ring (bicyclic) bond motifs is 2. The highest BCUT2D eigenvalue weighted by molar-refractivity contribution is 7.22. The third-order valence-electron chi connectivity index (χ3n) is 3.64. The molecule has 1 N–H and O–H groups in total. The summed E-state index contributed by atoms with van der Waals surface area (Å²) in [6.07, 6.45) is 0. The molecule has 4 aromatic rings. The number of nitrogens with zero attached hydrogens (tertiary/aromatic N) is 1. The molecule has 6 heteroatoms. The third-order valence-corrected chi connectivity index (χ3v) is 4.89. The topological polar surface area (TPSA) is 55.1 Å². The summed E-state index contributed by atoms with van der Waals surface area (Å²) >= 11 is 7.55. The molecule has 0 aliphatic heterocycles. The van der Waals surface area contributed by atoms with Crippen molar-refractivity contribution in [3.8, 4) is 0 Å². The van der Waals surface area contributed by atoms with Gasteiger partial charge >= 0.3 is 0 Å². The molecule has 0 atom stereocenters. The number of carbonyl (C=O) groups is 1. The normalized spacial score (nSPS) is 11.2. The molecule has 0 radical (unpaired) electrons. The Bertz CT molecular complexity index is 1020. The van der Waals surface area contributed by atoms with E-state index in [4.69, 9.17) is 16.0 Å². The Labute approximate surface area is 140 Å². The maximum absolute atomic E-state index is 12.5. The molecule has 0 aliphatic carbocycles. The van der Waals surface area contributed by atoms with E-state index in [0.717, 1.165) is 21.2 Å². The minimum absolute atomic E-state index is 0.257. The van der Waals surface area contributed by atoms with Crippen LogP contribution >= 0.6 is 22.9 Å². The highest BCUT2D eigenvalue weighted by Crippen LogP contribution is 2.32. The van der Waals surface area contributed by atoms with Crippen LogP contribution in [-0.4, -0.2) is 10.9 Å². The average molecular weight is 343 g/mol. The second-order valence-electron chi connectivity index (χ2n) is 5.11. The minimum Gasteiger partial charge on any atom is -0.449 e. The van der Waals surface area contributed by atoms with Crippen molar-refractivity contribution in [2.45, 2.75) is 6.92 Å². The molecule has 0 saturated carbocycles. The Morgan fingerprint density at radius 1 is 1.22 bits per heavy atom. The van der Waals surface area contributed by atoms with Gasteiger partial charge in [-0.15, -0.1) is 0 Å². The Morgan fingerprint density at radius 2 is 2.04 bits per heavy atom. The lowest BCUT2D eigenvalue weighted by Gasteiger charge is -1.98. The van der Waals surface area contributed by atoms with Gasteiger partial charge in [0, 0.05) is 10.9 Å². The number of anilines is 1. The molecule has 0 spiro atoms. The van der Waals surface area contributed by atoms with Gasteiger partial charge < -0.3 is 4.42 Å². The predicted molar refractivity (Wildman–Crippen MR) is 93.5 cm³/mol. The first-order chi connectivity index (χ1) is 11.1. The van der Waals surface area contributed by atoms with Gasteiger partial charge in [-0.2, -0.15) is 0 Å². The van der Waals surface area contributed by atoms with Gasteiger partial charge in [-0.3, -0.25) is 10.1 Å². The number of halogens is 1. The van der Waals surface area contributed by atoms with E-state index in [9.17, 15) is 4.79 Å². The number of aryl methyl sites for hydroxylation is 1. The zero-order valence-electron chi connectivity index (χ0n) is 12.1. The summed E-state index contributed by atoms with van der Waals surface area (Å²) < 4.78 is 6.69. The maximum atomic E-state index is 12.5. The fourth-order valence-corrected chi connectivity index (χ4v) is 3.58. The van der Waals surface area contributed by atoms with Crippen LogP contribution in [0.5, 0.6) is 0 Å². The first-order valence-corrected chi connectivity index (χ1v) is 8.17. The minimum atomic E-state index is -0.325. The van der Waals surface area contributed by atoms with E-state index in [2.05, 4.69) is 10.3 Å². The number of hydrogen-bond donors (Lipinski definition) is 1. The van der Waals surface area contributed by atoms with E-state index < -0.39 is 0 Å². The van der Waals surface area contributed by atoms with E-state index in [1.54, 1.807) is 6.07 Å². The van der Waals surface area contributed by atoms with E-state index in [1.165, 1.54) is 11.3 Å². The molecule has 0 fully saturated rings. The fourth-order valence-electron chi connectivity index (χ4n) is 2.51. The lowest BCUT2D eigenvalue weighted by atomic mass is 10.1. The van der Waals surface area contributed by atoms with E-state index in [-0.39, 0.29) is 11.7 Å². The number of benzene rings is 2. The van der Waals surface area contributed by atoms with Crippen LogP contribution in [0.25, 0.3) is 21.2 Å². The lowest BCUT2D eigenvalue weighted by Crippen LogP contribution is -2.11. The Hall–Kier alpha value is -2.37. The van der Waals surface area contributed by atoms with Crippen molar-refractivity contribution in [2.24, 2.45) is 0 Å². The summed E-state index contributed by atoms with van der Waals surface area (Å²) in [5.41, 5.74) is 2.15. The quantitative estimate of drug-likeness (QED) is 0.540. The second kappa shape index (κ2) is 5.37. The molecule has 2 aromatic heterocycles. The summed E-state index contributed by atoms with van der Waals surface area (Å²) in [5, 5.41) is 4.67. The summed E-state index contributed by atoms with van der Waals surface area (Å²) in [4.78, 5) is 16.9. The number of hydrogen-bond acceptors (Lipinski definition) is 4. The van der Waals surface area contributed by atoms with E-state index >= 15 is 0 Å². The van der Waals surface area contributed by atoms with Crippen molar-refractivity contribution < 1.29 is 9.21 Å². The molecule has 0 aliphatic rings. The molecule has 0 bridgehead atoms. The molecule has 1 amide bonds. The van der Waals surface area contributed by atoms with Gasteiger partial charge in [0.25, 0.3) is 5.91 Å². The van der Waals surface area contributed by atoms with Crippen molar-refractivity contribution in [3.63, 3.8) is 0 Å². The molecule has 0 saturated heterocycles. The van der Waals surface area contributed by atoms with Crippen molar-refractivity contribution in [3.05, 3.63) is 58.8 Å². The molecular formula is C17H11ClN2O2S. The molecule has 23 heavy (non-hydrogen) atoms. The van der Waals surface area contributed by atoms with Gasteiger partial charge in [0.2, 0.25) is 0 Å². The van der Waals surface area contributed by atoms with Gasteiger partial charge in [-0.05, 0) is 25.1 Å². The number of para-hydroxylation sites is 2. The number of furan rings is 1. The smallest absolute Gasteiger partial charge is 0.293 e. The summed E-state index contributed by atoms with van der Waals surface area (Å²) in [5.74, 6) is -0.0684. The van der Waals surface area contributed by atoms with Crippen LogP contribution in [-0.2, 0) is 0 Å². The van der Waals surface area contributed by atoms with Crippen LogP contribution in [0.4, 0.5) is 5.13 Å². The Balaban J connectivity index is 1.71. The van der Waals surface area contributed by atoms with Gasteiger partial charge in [0.15, 0.2) is 16.5 Å². The highest BCUT2D eigenvalue weighted by Gasteiger charge is 2.20. The van der Waals surface area contributed by atoms with Crippen molar-refractivity contribution in [1.82, 2.24) is 4.98 Å². The van der Waals surface area contributed by atoms with Crippen molar-refractivity contribution in [1.29, 1.82) is 0 Å². The number of rotatable bonds is 2. The number of amides is 1. The van der Waals surface area contributed by atoms with Crippen molar-refractivity contribution in [2.75, 3.05) is 5.32 Å². The second-order valence-corrected chi connectivity index (χ2v) is 6.55. The number of aromatic nitrogens is 1. The monoisotopic (exact) mass is 342 g/mol. The summed E-state index contributed by atoms with van der Waals surface area (Å²) in [6, 6.07) is 13.2. The lowest BCUT2D eigenvalue weighted by molar-refractivity contribution is 0.0998. The van der Waals surface area contributed by atoms with Crippen LogP contribution in [0.2, 0.25) is 5.02 Å². The van der Waals surface area contributed by atoms with Crippen molar-refractivity contribution >= 4 is 55.2 Å². The molecule has 4 rings (SSSR count). The average Bonchev–Trinajstić information content (AvgIpc) is 3.09. The Kier molecular flexibility index (Phi) is 3.32. The largest absolute Gasteiger partial charge is 0.449 e. The fraction of sp³-hybridized carbons (Fsp3) is 0.0588. The van der Waals surface area contributed by atoms with Crippen LogP contribution in [0.1, 0.15) is 16.1 Å². The number of nitrogens with one attached hydrogen (secondary N) is 1. The SMILES string of the molecule is Cc1c(C(=O)Nc2nc3ccccc3s2)oc2c(Cl)cccc12. The third kappa shape index (κ3) is 2.38. The maximum Gasteiger partial charge on any atom is 0.293 e. The van der Waals surface area contributed by atoms with Gasteiger partial charge in [0.05, 0.1) is 15.2 Å². The van der Waals surface area contributed by atoms with Crippen LogP contribution in [0, 0.1) is 6.92 Å². The molecule has 2 aromatic carbocycles. The van der Waals surface area contributed by atoms with Crippen LogP contribution < -0.4 is 5.32 Å². The first kappa shape index (κ1) is 14.2. The molecule has 114 valence electrons. The molecule has 4 nitrogen and oxygen atoms in total. The van der Waals surface area contributed by atoms with Gasteiger partial charge in [-0.25, -0.2) is 4.98 Å². The number of carbonyl (C=O) groups excluding carboxylic acids is 1. The molecular weight excluding hydrogens is 332 g/mol. The van der Waals surface area contributed by atoms with Gasteiger partial charge in [-0.1, -0.05) is 47.2 Å². The van der Waals surface area contributed by atoms with Crippen LogP contribution in [0.3, 0.4) is 0 Å². The summed E-state index contributed by atoms with van der Waals surface area (Å²) in [6.45, 7) is 1.84. The molecule has 0 unspecified atom stereocenters. The van der Waals surface area contributed by atoms with Gasteiger partial charge in [0.1, 0.15) is 0 Å². The predicted octanol–water partition coefficient (Wildman–Crippen LogP) is 5.26. The highest BCUT2D eigenvalue weighted by atomic mass is 35.5. The Morgan fingerprint density at radius 3 is 2.83 bits per heavy atom. The summed E-state index contributed by atoms with van der Waals surface area (Å²) in [7, 11) is 0. The van der Waals surface area contributed by atoms with E-state index in [1.807, 2.05) is 43.3 Å². The zero-order chi connectivity index (χ0) is 16.0. The van der Waals surface area contributed by atoms with E-state index in [0.29, 0.717) is 15.7 Å². The standard InChI is InChI=1S/C17H11ClN2O2S/c1-9-10-5-4-6-11(18)15(10)22-14(9)16(21)20-17-19-12-7-2-3-8-13(12)23-17/h2-8H,1H3,(H,19,20,21). The zero-order valence-corrected chi connectivity index (χ0v) is 13.7. The van der Waals surface area contributed by atoms with Crippen LogP contribution in [0.15, 0.2) is 46.9 Å². The number of thiazole rings is 1. The first-order valence-electron chi connectivity index (χ1n) is 6.98. The molecule has 2 heterocycles.